The largest absolute Gasteiger partial charge is 4.00 e. The van der Waals surface area contributed by atoms with E-state index in [4.69, 9.17) is 19.2 Å². The average Bonchev–Trinajstić information content (AvgIpc) is 0.722. The predicted molar refractivity (Wildman–Crippen MR) is 26.5 cm³/mol. The fraction of sp³-hybridized carbons (Fsp3) is 0. The van der Waals surface area contributed by atoms with Crippen molar-refractivity contribution in [2.75, 3.05) is 0 Å². The first kappa shape index (κ1) is 23.2. The predicted octanol–water partition coefficient (Wildman–Crippen LogP) is -1.81. The van der Waals surface area contributed by atoms with Gasteiger partial charge in [-0.05, 0) is 0 Å². The van der Waals surface area contributed by atoms with Crippen LogP contribution in [0.15, 0.2) is 0 Å². The van der Waals surface area contributed by atoms with Gasteiger partial charge in [-0.25, -0.2) is 4.57 Å². The second-order valence-electron chi connectivity index (χ2n) is 0.513. The van der Waals surface area contributed by atoms with Crippen molar-refractivity contribution in [3.8, 4) is 0 Å². The van der Waals surface area contributed by atoms with E-state index in [0.29, 0.717) is 0 Å². The molecule has 3 N–H and O–H groups in total. The summed E-state index contributed by atoms with van der Waals surface area (Å²) >= 11 is 0. The van der Waals surface area contributed by atoms with Crippen LogP contribution in [-0.4, -0.2) is 43.0 Å². The Morgan fingerprint density at radius 2 is 1.12 bits per heavy atom. The van der Waals surface area contributed by atoms with Gasteiger partial charge in [-0.15, -0.1) is 0 Å². The Morgan fingerprint density at radius 3 is 1.12 bits per heavy atom. The third kappa shape index (κ3) is 344. The summed E-state index contributed by atoms with van der Waals surface area (Å²) in [5, 5.41) is 0. The molecular weight excluding hydrogens is 166 g/mol. The minimum absolute atomic E-state index is 0. The summed E-state index contributed by atoms with van der Waals surface area (Å²) in [6.07, 6.45) is 0. The second kappa shape index (κ2) is 7.82. The fourth-order valence-corrected chi connectivity index (χ4v) is 0. The molecule has 0 spiro atoms. The molecule has 0 rings (SSSR count). The molecule has 0 heterocycles. The molecule has 0 radical (unpaired) electrons. The van der Waals surface area contributed by atoms with Crippen LogP contribution >= 0.6 is 7.82 Å². The number of rotatable bonds is 0. The summed E-state index contributed by atoms with van der Waals surface area (Å²) in [4.78, 5) is 21.6. The van der Waals surface area contributed by atoms with Crippen molar-refractivity contribution in [1.29, 1.82) is 0 Å². The van der Waals surface area contributed by atoms with E-state index < -0.39 is 7.82 Å². The van der Waals surface area contributed by atoms with Crippen molar-refractivity contribution in [1.82, 2.24) is 0 Å². The monoisotopic (exact) mass is 169 g/mol. The van der Waals surface area contributed by atoms with Crippen molar-refractivity contribution >= 4 is 36.1 Å². The maximum Gasteiger partial charge on any atom is 4.00 e. The molecule has 0 aliphatic heterocycles. The molecule has 0 fully saturated rings. The molecule has 0 aromatic rings. The zero-order chi connectivity index (χ0) is 4.50. The molecule has 0 saturated heterocycles. The molecule has 40 valence electrons. The van der Waals surface area contributed by atoms with E-state index in [-0.39, 0.29) is 33.8 Å². The number of hydrogen-bond acceptors (Lipinski definition) is 1. The van der Waals surface area contributed by atoms with Crippen LogP contribution in [0.4, 0.5) is 0 Å². The van der Waals surface area contributed by atoms with E-state index in [9.17, 15) is 0 Å². The van der Waals surface area contributed by atoms with Gasteiger partial charge < -0.3 is 20.2 Å². The Morgan fingerprint density at radius 1 is 1.12 bits per heavy atom. The van der Waals surface area contributed by atoms with Gasteiger partial charge in [0.1, 0.15) is 0 Å². The van der Waals surface area contributed by atoms with Crippen LogP contribution in [-0.2, 0) is 10.0 Å². The normalized spacial score (nSPS) is 7.38. The van der Waals surface area contributed by atoms with E-state index in [1.54, 1.807) is 0 Å². The zero-order valence-electron chi connectivity index (χ0n) is 3.68. The minimum Gasteiger partial charge on any atom is -2.00 e. The molecule has 0 bridgehead atoms. The quantitative estimate of drug-likeness (QED) is 0.293. The summed E-state index contributed by atoms with van der Waals surface area (Å²) in [6, 6.07) is 0. The SMILES string of the molecule is O=P(O)(O)O.[Al+3].[O-2].[Si+4]. The molecule has 8 heavy (non-hydrogen) atoms. The van der Waals surface area contributed by atoms with Gasteiger partial charge in [0.05, 0.1) is 0 Å². The van der Waals surface area contributed by atoms with Crippen LogP contribution in [0.25, 0.3) is 0 Å². The molecule has 0 aromatic carbocycles. The van der Waals surface area contributed by atoms with Gasteiger partial charge in [-0.1, -0.05) is 0 Å². The summed E-state index contributed by atoms with van der Waals surface area (Å²) in [5.41, 5.74) is 0. The summed E-state index contributed by atoms with van der Waals surface area (Å²) in [5.74, 6) is 0. The Hall–Kier alpha value is 0.819. The van der Waals surface area contributed by atoms with Crippen LogP contribution in [0.3, 0.4) is 0 Å². The Bertz CT molecular complexity index is 58.6. The van der Waals surface area contributed by atoms with Gasteiger partial charge in [0.25, 0.3) is 0 Å². The first-order valence-corrected chi connectivity index (χ1v) is 2.35. The smallest absolute Gasteiger partial charge is 2.00 e. The average molecular weight is 169 g/mol. The molecule has 0 aliphatic rings. The number of hydrogen-bond donors (Lipinski definition) is 3. The topological polar surface area (TPSA) is 106 Å². The molecule has 0 amide bonds. The Kier molecular flexibility index (Phi) is 22.7. The van der Waals surface area contributed by atoms with Gasteiger partial charge in [0.2, 0.25) is 0 Å². The minimum atomic E-state index is -4.64. The van der Waals surface area contributed by atoms with E-state index in [1.165, 1.54) is 0 Å². The molecule has 0 aliphatic carbocycles. The van der Waals surface area contributed by atoms with Crippen LogP contribution in [0.2, 0.25) is 0 Å². The Balaban J connectivity index is -0.0000000267. The van der Waals surface area contributed by atoms with Gasteiger partial charge in [0.15, 0.2) is 0 Å². The standard InChI is InChI=1S/Al.H3O4P.O.Si/c;1-5(2,3)4;;/h;(H3,1,2,3,4);;/q+3;;-2;+4. The molecule has 0 aromatic heterocycles. The third-order valence-corrected chi connectivity index (χ3v) is 0. The molecule has 0 atom stereocenters. The molecular formula is H3AlO5PSi+5. The van der Waals surface area contributed by atoms with Gasteiger partial charge >= 0.3 is 36.1 Å². The van der Waals surface area contributed by atoms with E-state index in [0.717, 1.165) is 0 Å². The van der Waals surface area contributed by atoms with Crippen LogP contribution in [0.5, 0.6) is 0 Å². The van der Waals surface area contributed by atoms with E-state index >= 15 is 0 Å². The van der Waals surface area contributed by atoms with Crippen molar-refractivity contribution in [3.63, 3.8) is 0 Å². The molecule has 0 unspecified atom stereocenters. The van der Waals surface area contributed by atoms with Crippen LogP contribution < -0.4 is 0 Å². The third-order valence-electron chi connectivity index (χ3n) is 0. The van der Waals surface area contributed by atoms with Crippen LogP contribution in [0, 0.1) is 0 Å². The van der Waals surface area contributed by atoms with Crippen molar-refractivity contribution in [3.05, 3.63) is 0 Å². The second-order valence-corrected chi connectivity index (χ2v) is 1.54. The number of phosphoric acid groups is 1. The van der Waals surface area contributed by atoms with Crippen molar-refractivity contribution < 1.29 is 24.7 Å². The summed E-state index contributed by atoms with van der Waals surface area (Å²) in [7, 11) is -4.64. The maximum absolute atomic E-state index is 8.88. The fourth-order valence-electron chi connectivity index (χ4n) is 0. The van der Waals surface area contributed by atoms with Crippen LogP contribution in [0.1, 0.15) is 0 Å². The molecule has 0 saturated carbocycles. The first-order valence-electron chi connectivity index (χ1n) is 0.783. The van der Waals surface area contributed by atoms with Crippen molar-refractivity contribution in [2.24, 2.45) is 0 Å². The zero-order valence-corrected chi connectivity index (χ0v) is 6.73. The van der Waals surface area contributed by atoms with Gasteiger partial charge in [-0.2, -0.15) is 0 Å². The molecule has 5 nitrogen and oxygen atoms in total. The molecule has 8 heteroatoms. The van der Waals surface area contributed by atoms with Gasteiger partial charge in [0, 0.05) is 0 Å². The maximum atomic E-state index is 8.88. The van der Waals surface area contributed by atoms with Gasteiger partial charge in [-0.3, -0.25) is 0 Å². The Labute approximate surface area is 61.4 Å². The summed E-state index contributed by atoms with van der Waals surface area (Å²) < 4.78 is 8.88. The van der Waals surface area contributed by atoms with E-state index in [1.807, 2.05) is 0 Å². The summed E-state index contributed by atoms with van der Waals surface area (Å²) in [6.45, 7) is 0. The first-order chi connectivity index (χ1) is 2.00. The van der Waals surface area contributed by atoms with E-state index in [2.05, 4.69) is 0 Å². The van der Waals surface area contributed by atoms with Crippen molar-refractivity contribution in [2.45, 2.75) is 0 Å².